The zero-order chi connectivity index (χ0) is 15.4. The summed E-state index contributed by atoms with van der Waals surface area (Å²) in [7, 11) is 1.66. The van der Waals surface area contributed by atoms with Crippen LogP contribution >= 0.6 is 27.7 Å². The lowest BCUT2D eigenvalue weighted by atomic mass is 10.1. The van der Waals surface area contributed by atoms with Crippen molar-refractivity contribution in [1.29, 1.82) is 0 Å². The molecule has 0 amide bonds. The van der Waals surface area contributed by atoms with E-state index in [4.69, 9.17) is 4.74 Å². The topological polar surface area (TPSA) is 46.0 Å². The first-order valence-corrected chi connectivity index (χ1v) is 8.46. The van der Waals surface area contributed by atoms with Crippen LogP contribution in [0.3, 0.4) is 0 Å². The molecule has 3 rings (SSSR count). The summed E-state index contributed by atoms with van der Waals surface area (Å²) in [6.45, 7) is 0. The zero-order valence-electron chi connectivity index (χ0n) is 11.9. The second kappa shape index (κ2) is 6.98. The van der Waals surface area contributed by atoms with Crippen LogP contribution in [0.1, 0.15) is 5.56 Å². The number of methoxy groups -OCH3 is 1. The van der Waals surface area contributed by atoms with Gasteiger partial charge in [-0.2, -0.15) is 5.10 Å². The van der Waals surface area contributed by atoms with E-state index < -0.39 is 0 Å². The van der Waals surface area contributed by atoms with Crippen molar-refractivity contribution in [2.24, 2.45) is 10.1 Å². The second-order valence-corrected chi connectivity index (χ2v) is 6.47. The van der Waals surface area contributed by atoms with Gasteiger partial charge in [0.05, 0.1) is 18.5 Å². The number of halogens is 1. The van der Waals surface area contributed by atoms with Crippen LogP contribution in [-0.2, 0) is 0 Å². The second-order valence-electron chi connectivity index (χ2n) is 4.59. The van der Waals surface area contributed by atoms with Crippen molar-refractivity contribution in [2.75, 3.05) is 12.9 Å². The van der Waals surface area contributed by atoms with Gasteiger partial charge in [-0.25, -0.2) is 4.99 Å². The van der Waals surface area contributed by atoms with E-state index in [0.29, 0.717) is 0 Å². The molecule has 1 heterocycles. The van der Waals surface area contributed by atoms with Gasteiger partial charge in [0.2, 0.25) is 0 Å². The first-order valence-electron chi connectivity index (χ1n) is 6.68. The van der Waals surface area contributed by atoms with Crippen LogP contribution in [0.25, 0.3) is 0 Å². The molecule has 1 aliphatic heterocycles. The van der Waals surface area contributed by atoms with Gasteiger partial charge in [0.1, 0.15) is 5.75 Å². The standard InChI is InChI=1S/C16H14BrN3OS/c1-21-14-7-2-4-11(8-14)15-10-22-16(20-19-15)18-13-6-3-5-12(17)9-13/h2-9H,10H2,1H3,(H,18,20). The first kappa shape index (κ1) is 15.1. The molecule has 0 aromatic heterocycles. The normalized spacial score (nSPS) is 16.1. The van der Waals surface area contributed by atoms with E-state index in [1.165, 1.54) is 0 Å². The van der Waals surface area contributed by atoms with Gasteiger partial charge in [0.25, 0.3) is 0 Å². The third-order valence-electron chi connectivity index (χ3n) is 3.07. The molecule has 22 heavy (non-hydrogen) atoms. The van der Waals surface area contributed by atoms with Crippen LogP contribution in [0.5, 0.6) is 5.75 Å². The minimum atomic E-state index is 0.771. The highest BCUT2D eigenvalue weighted by Gasteiger charge is 2.13. The Morgan fingerprint density at radius 3 is 2.82 bits per heavy atom. The largest absolute Gasteiger partial charge is 0.497 e. The van der Waals surface area contributed by atoms with E-state index >= 15 is 0 Å². The Morgan fingerprint density at radius 1 is 1.23 bits per heavy atom. The average molecular weight is 376 g/mol. The molecule has 2 aromatic carbocycles. The maximum Gasteiger partial charge on any atom is 0.182 e. The molecule has 0 fully saturated rings. The Kier molecular flexibility index (Phi) is 4.80. The smallest absolute Gasteiger partial charge is 0.182 e. The molecule has 4 nitrogen and oxygen atoms in total. The molecule has 6 heteroatoms. The fourth-order valence-corrected chi connectivity index (χ4v) is 3.16. The number of benzene rings is 2. The highest BCUT2D eigenvalue weighted by molar-refractivity contribution is 9.10. The summed E-state index contributed by atoms with van der Waals surface area (Å²) in [4.78, 5) is 4.55. The van der Waals surface area contributed by atoms with Crippen LogP contribution < -0.4 is 10.2 Å². The fourth-order valence-electron chi connectivity index (χ4n) is 1.99. The molecule has 0 saturated carbocycles. The molecule has 0 saturated heterocycles. The zero-order valence-corrected chi connectivity index (χ0v) is 14.3. The van der Waals surface area contributed by atoms with Crippen molar-refractivity contribution in [1.82, 2.24) is 5.43 Å². The molecule has 0 unspecified atom stereocenters. The summed E-state index contributed by atoms with van der Waals surface area (Å²) in [6.07, 6.45) is 0. The highest BCUT2D eigenvalue weighted by Crippen LogP contribution is 2.22. The molecular formula is C16H14BrN3OS. The maximum absolute atomic E-state index is 5.25. The summed E-state index contributed by atoms with van der Waals surface area (Å²) in [6, 6.07) is 15.8. The van der Waals surface area contributed by atoms with Gasteiger partial charge < -0.3 is 4.74 Å². The number of hydrogen-bond acceptors (Lipinski definition) is 4. The van der Waals surface area contributed by atoms with Crippen LogP contribution in [0.2, 0.25) is 0 Å². The Morgan fingerprint density at radius 2 is 2.09 bits per heavy atom. The molecule has 0 spiro atoms. The van der Waals surface area contributed by atoms with Gasteiger partial charge in [-0.1, -0.05) is 45.9 Å². The van der Waals surface area contributed by atoms with Gasteiger partial charge in [-0.05, 0) is 30.3 Å². The minimum absolute atomic E-state index is 0.771. The van der Waals surface area contributed by atoms with E-state index in [1.807, 2.05) is 48.5 Å². The minimum Gasteiger partial charge on any atom is -0.497 e. The van der Waals surface area contributed by atoms with E-state index in [1.54, 1.807) is 18.9 Å². The Labute approximate surface area is 141 Å². The predicted molar refractivity (Wildman–Crippen MR) is 96.4 cm³/mol. The molecule has 2 aromatic rings. The van der Waals surface area contributed by atoms with Crippen molar-refractivity contribution in [2.45, 2.75) is 0 Å². The van der Waals surface area contributed by atoms with E-state index in [-0.39, 0.29) is 0 Å². The Balaban J connectivity index is 1.76. The monoisotopic (exact) mass is 375 g/mol. The van der Waals surface area contributed by atoms with Crippen molar-refractivity contribution in [3.63, 3.8) is 0 Å². The van der Waals surface area contributed by atoms with Crippen molar-refractivity contribution in [3.8, 4) is 5.75 Å². The number of rotatable bonds is 3. The molecular weight excluding hydrogens is 362 g/mol. The number of hydrogen-bond donors (Lipinski definition) is 1. The highest BCUT2D eigenvalue weighted by atomic mass is 79.9. The maximum atomic E-state index is 5.25. The van der Waals surface area contributed by atoms with E-state index in [2.05, 4.69) is 31.4 Å². The fraction of sp³-hybridized carbons (Fsp3) is 0.125. The molecule has 1 N–H and O–H groups in total. The number of ether oxygens (including phenoxy) is 1. The van der Waals surface area contributed by atoms with Crippen molar-refractivity contribution < 1.29 is 4.74 Å². The molecule has 1 aliphatic rings. The number of nitrogens with one attached hydrogen (secondary N) is 1. The first-order chi connectivity index (χ1) is 10.7. The summed E-state index contributed by atoms with van der Waals surface area (Å²) in [5.74, 6) is 1.60. The van der Waals surface area contributed by atoms with Crippen LogP contribution in [-0.4, -0.2) is 23.7 Å². The quantitative estimate of drug-likeness (QED) is 0.874. The van der Waals surface area contributed by atoms with Gasteiger partial charge in [-0.3, -0.25) is 5.43 Å². The predicted octanol–water partition coefficient (Wildman–Crippen LogP) is 4.19. The van der Waals surface area contributed by atoms with Crippen LogP contribution in [0, 0.1) is 0 Å². The molecule has 0 radical (unpaired) electrons. The molecule has 112 valence electrons. The van der Waals surface area contributed by atoms with Crippen LogP contribution in [0.15, 0.2) is 63.1 Å². The Bertz CT molecular complexity index is 746. The Hall–Kier alpha value is -1.79. The number of hydrazone groups is 1. The third kappa shape index (κ3) is 3.69. The summed E-state index contributed by atoms with van der Waals surface area (Å²) < 4.78 is 6.26. The SMILES string of the molecule is COc1cccc(C2=NNC(=Nc3cccc(Br)c3)SC2)c1. The van der Waals surface area contributed by atoms with Gasteiger partial charge in [-0.15, -0.1) is 0 Å². The van der Waals surface area contributed by atoms with Gasteiger partial charge in [0, 0.05) is 15.8 Å². The van der Waals surface area contributed by atoms with Gasteiger partial charge in [0.15, 0.2) is 5.17 Å². The van der Waals surface area contributed by atoms with Crippen LogP contribution in [0.4, 0.5) is 5.69 Å². The summed E-state index contributed by atoms with van der Waals surface area (Å²) >= 11 is 5.08. The van der Waals surface area contributed by atoms with E-state index in [0.717, 1.165) is 38.1 Å². The van der Waals surface area contributed by atoms with Crippen molar-refractivity contribution in [3.05, 3.63) is 58.6 Å². The number of thioether (sulfide) groups is 1. The molecule has 0 aliphatic carbocycles. The lowest BCUT2D eigenvalue weighted by Crippen LogP contribution is -2.25. The number of amidine groups is 1. The molecule has 0 bridgehead atoms. The number of nitrogens with zero attached hydrogens (tertiary/aromatic N) is 2. The summed E-state index contributed by atoms with van der Waals surface area (Å²) in [5, 5.41) is 5.22. The average Bonchev–Trinajstić information content (AvgIpc) is 2.56. The lowest BCUT2D eigenvalue weighted by Gasteiger charge is -2.15. The van der Waals surface area contributed by atoms with E-state index in [9.17, 15) is 0 Å². The summed E-state index contributed by atoms with van der Waals surface area (Å²) in [5.41, 5.74) is 5.95. The third-order valence-corrected chi connectivity index (χ3v) is 4.44. The van der Waals surface area contributed by atoms with Gasteiger partial charge >= 0.3 is 0 Å². The van der Waals surface area contributed by atoms with Crippen molar-refractivity contribution >= 4 is 44.3 Å². The lowest BCUT2D eigenvalue weighted by molar-refractivity contribution is 0.414. The molecule has 0 atom stereocenters. The number of aliphatic imine (C=N–C) groups is 1.